The first-order valence-corrected chi connectivity index (χ1v) is 7.46. The summed E-state index contributed by atoms with van der Waals surface area (Å²) in [5, 5.41) is 7.01. The molecule has 0 unspecified atom stereocenters. The Balaban J connectivity index is 0.00000312. The van der Waals surface area contributed by atoms with E-state index in [0.29, 0.717) is 12.5 Å². The highest BCUT2D eigenvalue weighted by Crippen LogP contribution is 2.18. The van der Waals surface area contributed by atoms with Gasteiger partial charge >= 0.3 is 6.18 Å². The summed E-state index contributed by atoms with van der Waals surface area (Å²) < 4.78 is 38.4. The fourth-order valence-electron chi connectivity index (χ4n) is 2.21. The van der Waals surface area contributed by atoms with E-state index in [2.05, 4.69) is 15.4 Å². The highest BCUT2D eigenvalue weighted by Gasteiger charge is 2.26. The van der Waals surface area contributed by atoms with Crippen molar-refractivity contribution in [1.82, 2.24) is 20.0 Å². The molecule has 0 fully saturated rings. The molecule has 25 heavy (non-hydrogen) atoms. The van der Waals surface area contributed by atoms with Gasteiger partial charge in [0.25, 0.3) is 0 Å². The SMILES string of the molecule is CN=C(NCCC(F)(F)F)N(C)Cc1cnn(-c2ccccc2)c1.I. The van der Waals surface area contributed by atoms with Crippen LogP contribution >= 0.6 is 24.0 Å². The van der Waals surface area contributed by atoms with Crippen molar-refractivity contribution in [2.75, 3.05) is 20.6 Å². The standard InChI is InChI=1S/C16H20F3N5.HI/c1-20-15(21-9-8-16(17,18)19)23(2)11-13-10-22-24(12-13)14-6-4-3-5-7-14;/h3-7,10,12H,8-9,11H2,1-2H3,(H,20,21);1H. The number of guanidine groups is 1. The zero-order chi connectivity index (χ0) is 17.6. The molecule has 1 heterocycles. The first-order chi connectivity index (χ1) is 11.4. The number of rotatable bonds is 5. The van der Waals surface area contributed by atoms with Crippen molar-refractivity contribution >= 4 is 29.9 Å². The fourth-order valence-corrected chi connectivity index (χ4v) is 2.21. The van der Waals surface area contributed by atoms with Crippen LogP contribution in [-0.4, -0.2) is 47.5 Å². The molecule has 0 atom stereocenters. The summed E-state index contributed by atoms with van der Waals surface area (Å²) in [4.78, 5) is 5.76. The van der Waals surface area contributed by atoms with Gasteiger partial charge in [0.05, 0.1) is 18.3 Å². The molecule has 138 valence electrons. The summed E-state index contributed by atoms with van der Waals surface area (Å²) in [6, 6.07) is 9.67. The lowest BCUT2D eigenvalue weighted by Gasteiger charge is -2.21. The van der Waals surface area contributed by atoms with E-state index >= 15 is 0 Å². The molecule has 0 spiro atoms. The topological polar surface area (TPSA) is 45.5 Å². The Morgan fingerprint density at radius 1 is 1.28 bits per heavy atom. The third kappa shape index (κ3) is 6.92. The minimum absolute atomic E-state index is 0. The molecule has 0 aliphatic heterocycles. The van der Waals surface area contributed by atoms with Crippen LogP contribution in [0.2, 0.25) is 0 Å². The van der Waals surface area contributed by atoms with E-state index < -0.39 is 12.6 Å². The molecule has 0 amide bonds. The molecule has 2 aromatic rings. The van der Waals surface area contributed by atoms with Gasteiger partial charge in [-0.25, -0.2) is 4.68 Å². The van der Waals surface area contributed by atoms with Gasteiger partial charge in [-0.15, -0.1) is 24.0 Å². The van der Waals surface area contributed by atoms with Crippen LogP contribution in [-0.2, 0) is 6.54 Å². The smallest absolute Gasteiger partial charge is 0.356 e. The summed E-state index contributed by atoms with van der Waals surface area (Å²) in [6.07, 6.45) is -1.46. The van der Waals surface area contributed by atoms with Crippen LogP contribution in [0.5, 0.6) is 0 Å². The third-order valence-corrected chi connectivity index (χ3v) is 3.34. The van der Waals surface area contributed by atoms with Crippen molar-refractivity contribution in [3.8, 4) is 5.69 Å². The Kier molecular flexibility index (Phi) is 8.20. The summed E-state index contributed by atoms with van der Waals surface area (Å²) in [5.41, 5.74) is 1.87. The molecule has 1 aromatic carbocycles. The Morgan fingerprint density at radius 3 is 2.56 bits per heavy atom. The van der Waals surface area contributed by atoms with Crippen LogP contribution in [0.1, 0.15) is 12.0 Å². The number of hydrogen-bond acceptors (Lipinski definition) is 2. The maximum Gasteiger partial charge on any atom is 0.390 e. The van der Waals surface area contributed by atoms with Gasteiger partial charge < -0.3 is 10.2 Å². The highest BCUT2D eigenvalue weighted by atomic mass is 127. The quantitative estimate of drug-likeness (QED) is 0.417. The first kappa shape index (κ1) is 21.3. The fraction of sp³-hybridized carbons (Fsp3) is 0.375. The van der Waals surface area contributed by atoms with E-state index in [-0.39, 0.29) is 30.5 Å². The Bertz CT molecular complexity index is 670. The number of nitrogens with one attached hydrogen (secondary N) is 1. The summed E-state index contributed by atoms with van der Waals surface area (Å²) in [6.45, 7) is 0.280. The zero-order valence-corrected chi connectivity index (χ0v) is 16.3. The van der Waals surface area contributed by atoms with Crippen molar-refractivity contribution in [3.05, 3.63) is 48.3 Å². The summed E-state index contributed by atoms with van der Waals surface area (Å²) in [5.74, 6) is 0.409. The number of alkyl halides is 3. The molecule has 1 N–H and O–H groups in total. The number of aromatic nitrogens is 2. The van der Waals surface area contributed by atoms with Crippen LogP contribution in [0.3, 0.4) is 0 Å². The zero-order valence-electron chi connectivity index (χ0n) is 14.0. The first-order valence-electron chi connectivity index (χ1n) is 7.46. The van der Waals surface area contributed by atoms with E-state index in [4.69, 9.17) is 0 Å². The Labute approximate surface area is 161 Å². The minimum atomic E-state index is -4.18. The van der Waals surface area contributed by atoms with Gasteiger partial charge in [0, 0.05) is 38.9 Å². The largest absolute Gasteiger partial charge is 0.390 e. The van der Waals surface area contributed by atoms with Crippen molar-refractivity contribution in [2.45, 2.75) is 19.1 Å². The number of aliphatic imine (C=N–C) groups is 1. The Morgan fingerprint density at radius 2 is 1.96 bits per heavy atom. The molecule has 0 saturated carbocycles. The average molecular weight is 467 g/mol. The molecule has 0 saturated heterocycles. The second kappa shape index (κ2) is 9.64. The van der Waals surface area contributed by atoms with Gasteiger partial charge in [0.1, 0.15) is 0 Å². The molecule has 0 aliphatic rings. The highest BCUT2D eigenvalue weighted by molar-refractivity contribution is 14.0. The van der Waals surface area contributed by atoms with Crippen molar-refractivity contribution < 1.29 is 13.2 Å². The van der Waals surface area contributed by atoms with Gasteiger partial charge in [-0.2, -0.15) is 18.3 Å². The van der Waals surface area contributed by atoms with E-state index in [1.54, 1.807) is 29.9 Å². The minimum Gasteiger partial charge on any atom is -0.356 e. The van der Waals surface area contributed by atoms with E-state index in [0.717, 1.165) is 11.3 Å². The predicted molar refractivity (Wildman–Crippen MR) is 102 cm³/mol. The van der Waals surface area contributed by atoms with Gasteiger partial charge in [0.2, 0.25) is 0 Å². The molecule has 5 nitrogen and oxygen atoms in total. The maximum atomic E-state index is 12.2. The van der Waals surface area contributed by atoms with Crippen LogP contribution < -0.4 is 5.32 Å². The second-order valence-corrected chi connectivity index (χ2v) is 5.32. The average Bonchev–Trinajstić information content (AvgIpc) is 3.00. The molecule has 9 heteroatoms. The monoisotopic (exact) mass is 467 g/mol. The molecule has 0 bridgehead atoms. The molecule has 0 radical (unpaired) electrons. The predicted octanol–water partition coefficient (Wildman–Crippen LogP) is 3.45. The van der Waals surface area contributed by atoms with E-state index in [1.807, 2.05) is 36.5 Å². The van der Waals surface area contributed by atoms with E-state index in [9.17, 15) is 13.2 Å². The van der Waals surface area contributed by atoms with Gasteiger partial charge in [-0.05, 0) is 12.1 Å². The number of nitrogens with zero attached hydrogens (tertiary/aromatic N) is 4. The lowest BCUT2D eigenvalue weighted by atomic mass is 10.3. The van der Waals surface area contributed by atoms with Crippen LogP contribution in [0.4, 0.5) is 13.2 Å². The van der Waals surface area contributed by atoms with Crippen LogP contribution in [0.15, 0.2) is 47.7 Å². The number of para-hydroxylation sites is 1. The number of benzene rings is 1. The van der Waals surface area contributed by atoms with Gasteiger partial charge in [0.15, 0.2) is 5.96 Å². The summed E-state index contributed by atoms with van der Waals surface area (Å²) in [7, 11) is 3.31. The lowest BCUT2D eigenvalue weighted by Crippen LogP contribution is -2.39. The number of halogens is 4. The van der Waals surface area contributed by atoms with Gasteiger partial charge in [-0.3, -0.25) is 4.99 Å². The third-order valence-electron chi connectivity index (χ3n) is 3.34. The van der Waals surface area contributed by atoms with Crippen LogP contribution in [0.25, 0.3) is 5.69 Å². The van der Waals surface area contributed by atoms with Crippen molar-refractivity contribution in [3.63, 3.8) is 0 Å². The second-order valence-electron chi connectivity index (χ2n) is 5.32. The molecule has 1 aromatic heterocycles. The van der Waals surface area contributed by atoms with Crippen molar-refractivity contribution in [1.29, 1.82) is 0 Å². The molecular weight excluding hydrogens is 446 g/mol. The number of hydrogen-bond donors (Lipinski definition) is 1. The molecular formula is C16H21F3IN5. The summed E-state index contributed by atoms with van der Waals surface area (Å²) >= 11 is 0. The lowest BCUT2D eigenvalue weighted by molar-refractivity contribution is -0.132. The maximum absolute atomic E-state index is 12.2. The van der Waals surface area contributed by atoms with Crippen LogP contribution in [0, 0.1) is 0 Å². The molecule has 2 rings (SSSR count). The van der Waals surface area contributed by atoms with E-state index in [1.165, 1.54) is 0 Å². The molecule has 0 aliphatic carbocycles. The normalized spacial score (nSPS) is 11.8. The Hall–Kier alpha value is -1.78. The van der Waals surface area contributed by atoms with Gasteiger partial charge in [-0.1, -0.05) is 18.2 Å². The van der Waals surface area contributed by atoms with Crippen molar-refractivity contribution in [2.24, 2.45) is 4.99 Å².